The van der Waals surface area contributed by atoms with E-state index in [9.17, 15) is 0 Å². The number of benzene rings is 1. The Morgan fingerprint density at radius 1 is 1.31 bits per heavy atom. The van der Waals surface area contributed by atoms with E-state index < -0.39 is 0 Å². The van der Waals surface area contributed by atoms with E-state index in [1.807, 2.05) is 12.1 Å². The maximum absolute atomic E-state index is 5.70. The van der Waals surface area contributed by atoms with Crippen molar-refractivity contribution >= 4 is 5.69 Å². The summed E-state index contributed by atoms with van der Waals surface area (Å²) in [5.41, 5.74) is 7.93. The van der Waals surface area contributed by atoms with Crippen LogP contribution in [0.2, 0.25) is 0 Å². The molecule has 0 radical (unpaired) electrons. The molecule has 0 amide bonds. The molecule has 0 saturated carbocycles. The zero-order valence-electron chi connectivity index (χ0n) is 10.3. The lowest BCUT2D eigenvalue weighted by Gasteiger charge is -2.27. The number of nitrogens with two attached hydrogens (primary N) is 1. The van der Waals surface area contributed by atoms with E-state index in [1.165, 1.54) is 24.9 Å². The molecular formula is C14H22N2. The van der Waals surface area contributed by atoms with Crippen molar-refractivity contribution in [2.45, 2.75) is 39.3 Å². The molecule has 1 atom stereocenters. The van der Waals surface area contributed by atoms with Crippen molar-refractivity contribution in [3.05, 3.63) is 29.8 Å². The lowest BCUT2D eigenvalue weighted by Crippen LogP contribution is -2.32. The molecular weight excluding hydrogens is 196 g/mol. The van der Waals surface area contributed by atoms with E-state index in [2.05, 4.69) is 30.9 Å². The number of hydrogen-bond acceptors (Lipinski definition) is 2. The quantitative estimate of drug-likeness (QED) is 0.790. The third kappa shape index (κ3) is 2.56. The summed E-state index contributed by atoms with van der Waals surface area (Å²) >= 11 is 0. The summed E-state index contributed by atoms with van der Waals surface area (Å²) in [4.78, 5) is 2.61. The van der Waals surface area contributed by atoms with Gasteiger partial charge in [0.05, 0.1) is 0 Å². The second kappa shape index (κ2) is 4.88. The minimum Gasteiger partial charge on any atom is -0.399 e. The van der Waals surface area contributed by atoms with Gasteiger partial charge in [-0.3, -0.25) is 4.90 Å². The molecule has 0 spiro atoms. The van der Waals surface area contributed by atoms with E-state index >= 15 is 0 Å². The van der Waals surface area contributed by atoms with E-state index in [0.29, 0.717) is 0 Å². The highest BCUT2D eigenvalue weighted by Gasteiger charge is 2.26. The van der Waals surface area contributed by atoms with Crippen LogP contribution < -0.4 is 5.73 Å². The van der Waals surface area contributed by atoms with Crippen LogP contribution in [0.15, 0.2) is 24.3 Å². The van der Waals surface area contributed by atoms with Gasteiger partial charge in [0.15, 0.2) is 0 Å². The van der Waals surface area contributed by atoms with Crippen LogP contribution >= 0.6 is 0 Å². The molecule has 1 aliphatic heterocycles. The minimum atomic E-state index is 0.760. The van der Waals surface area contributed by atoms with Gasteiger partial charge >= 0.3 is 0 Å². The molecule has 1 aromatic carbocycles. The Bertz CT molecular complexity index is 329. The Morgan fingerprint density at radius 2 is 2.00 bits per heavy atom. The molecule has 88 valence electrons. The normalized spacial score (nSPS) is 21.8. The first-order valence-electron chi connectivity index (χ1n) is 6.25. The van der Waals surface area contributed by atoms with Crippen molar-refractivity contribution in [2.24, 2.45) is 5.92 Å². The molecule has 1 saturated heterocycles. The van der Waals surface area contributed by atoms with E-state index in [4.69, 9.17) is 5.73 Å². The first kappa shape index (κ1) is 11.5. The van der Waals surface area contributed by atoms with Crippen LogP contribution in [0, 0.1) is 5.92 Å². The van der Waals surface area contributed by atoms with Gasteiger partial charge in [-0.15, -0.1) is 0 Å². The Kier molecular flexibility index (Phi) is 3.49. The summed E-state index contributed by atoms with van der Waals surface area (Å²) in [6, 6.07) is 9.04. The average molecular weight is 218 g/mol. The molecule has 1 aliphatic rings. The molecule has 2 rings (SSSR count). The highest BCUT2D eigenvalue weighted by Crippen LogP contribution is 2.25. The van der Waals surface area contributed by atoms with Gasteiger partial charge in [0.1, 0.15) is 0 Å². The van der Waals surface area contributed by atoms with Crippen LogP contribution in [0.5, 0.6) is 0 Å². The lowest BCUT2D eigenvalue weighted by molar-refractivity contribution is 0.199. The molecule has 1 heterocycles. The molecule has 2 N–H and O–H groups in total. The Morgan fingerprint density at radius 3 is 2.62 bits per heavy atom. The second-order valence-electron chi connectivity index (χ2n) is 5.17. The van der Waals surface area contributed by atoms with Crippen molar-refractivity contribution in [3.63, 3.8) is 0 Å². The third-order valence-corrected chi connectivity index (χ3v) is 3.55. The number of nitrogens with zero attached hydrogens (tertiary/aromatic N) is 1. The Hall–Kier alpha value is -1.02. The van der Waals surface area contributed by atoms with E-state index in [1.54, 1.807) is 0 Å². The third-order valence-electron chi connectivity index (χ3n) is 3.55. The first-order valence-corrected chi connectivity index (χ1v) is 6.25. The summed E-state index contributed by atoms with van der Waals surface area (Å²) in [7, 11) is 0. The van der Waals surface area contributed by atoms with Gasteiger partial charge in [-0.2, -0.15) is 0 Å². The van der Waals surface area contributed by atoms with Crippen LogP contribution in [0.3, 0.4) is 0 Å². The molecule has 1 aromatic rings. The monoisotopic (exact) mass is 218 g/mol. The summed E-state index contributed by atoms with van der Waals surface area (Å²) < 4.78 is 0. The predicted octanol–water partition coefficient (Wildman–Crippen LogP) is 2.89. The van der Waals surface area contributed by atoms with Crippen LogP contribution in [0.25, 0.3) is 0 Å². The topological polar surface area (TPSA) is 29.3 Å². The summed E-state index contributed by atoms with van der Waals surface area (Å²) in [5, 5.41) is 0. The number of likely N-dealkylation sites (tertiary alicyclic amines) is 1. The number of anilines is 1. The Labute approximate surface area is 98.4 Å². The van der Waals surface area contributed by atoms with Gasteiger partial charge in [-0.1, -0.05) is 26.0 Å². The van der Waals surface area contributed by atoms with Gasteiger partial charge in [0, 0.05) is 18.3 Å². The molecule has 0 aromatic heterocycles. The van der Waals surface area contributed by atoms with Crippen LogP contribution in [0.1, 0.15) is 32.3 Å². The maximum Gasteiger partial charge on any atom is 0.0314 e. The fourth-order valence-corrected chi connectivity index (χ4v) is 2.66. The van der Waals surface area contributed by atoms with E-state index in [0.717, 1.165) is 24.2 Å². The molecule has 16 heavy (non-hydrogen) atoms. The van der Waals surface area contributed by atoms with Gasteiger partial charge < -0.3 is 5.73 Å². The first-order chi connectivity index (χ1) is 7.66. The van der Waals surface area contributed by atoms with Gasteiger partial charge in [-0.05, 0) is 43.0 Å². The van der Waals surface area contributed by atoms with Crippen LogP contribution in [-0.2, 0) is 6.54 Å². The van der Waals surface area contributed by atoms with Gasteiger partial charge in [-0.25, -0.2) is 0 Å². The minimum absolute atomic E-state index is 0.760. The maximum atomic E-state index is 5.70. The van der Waals surface area contributed by atoms with Crippen molar-refractivity contribution in [3.8, 4) is 0 Å². The molecule has 0 bridgehead atoms. The smallest absolute Gasteiger partial charge is 0.0314 e. The molecule has 2 heteroatoms. The summed E-state index contributed by atoms with van der Waals surface area (Å²) in [6.45, 7) is 6.97. The zero-order chi connectivity index (χ0) is 11.5. The predicted molar refractivity (Wildman–Crippen MR) is 69.1 cm³/mol. The molecule has 1 unspecified atom stereocenters. The fraction of sp³-hybridized carbons (Fsp3) is 0.571. The average Bonchev–Trinajstić information content (AvgIpc) is 2.69. The largest absolute Gasteiger partial charge is 0.399 e. The summed E-state index contributed by atoms with van der Waals surface area (Å²) in [6.07, 6.45) is 2.70. The molecule has 2 nitrogen and oxygen atoms in total. The van der Waals surface area contributed by atoms with Crippen LogP contribution in [-0.4, -0.2) is 17.5 Å². The molecule has 1 fully saturated rings. The lowest BCUT2D eigenvalue weighted by atomic mass is 10.0. The van der Waals surface area contributed by atoms with Gasteiger partial charge in [0.25, 0.3) is 0 Å². The van der Waals surface area contributed by atoms with Crippen LogP contribution in [0.4, 0.5) is 5.69 Å². The highest BCUT2D eigenvalue weighted by molar-refractivity contribution is 5.39. The number of nitrogen functional groups attached to an aromatic ring is 1. The number of hydrogen-bond donors (Lipinski definition) is 1. The van der Waals surface area contributed by atoms with Gasteiger partial charge in [0.2, 0.25) is 0 Å². The fourth-order valence-electron chi connectivity index (χ4n) is 2.66. The van der Waals surface area contributed by atoms with Crippen molar-refractivity contribution in [1.29, 1.82) is 0 Å². The Balaban J connectivity index is 2.01. The standard InChI is InChI=1S/C14H22N2/c1-11(2)14-4-3-9-16(14)10-12-5-7-13(15)8-6-12/h5-8,11,14H,3-4,9-10,15H2,1-2H3. The molecule has 0 aliphatic carbocycles. The van der Waals surface area contributed by atoms with E-state index in [-0.39, 0.29) is 0 Å². The second-order valence-corrected chi connectivity index (χ2v) is 5.17. The summed E-state index contributed by atoms with van der Waals surface area (Å²) in [5.74, 6) is 0.760. The zero-order valence-corrected chi connectivity index (χ0v) is 10.3. The van der Waals surface area contributed by atoms with Crippen molar-refractivity contribution in [2.75, 3.05) is 12.3 Å². The highest BCUT2D eigenvalue weighted by atomic mass is 15.2. The van der Waals surface area contributed by atoms with Crippen molar-refractivity contribution in [1.82, 2.24) is 4.90 Å². The van der Waals surface area contributed by atoms with Crippen molar-refractivity contribution < 1.29 is 0 Å². The SMILES string of the molecule is CC(C)C1CCCN1Cc1ccc(N)cc1. The number of rotatable bonds is 3.